The standard InChI is InChI=1S/C13H18N4O2/c1-9(2)17-12-5-4-10(8-11(12)14-15-17)16(3)7-6-13(18)19/h4-5,8-9H,6-7H2,1-3H3,(H,18,19). The van der Waals surface area contributed by atoms with Crippen molar-refractivity contribution in [2.24, 2.45) is 0 Å². The minimum Gasteiger partial charge on any atom is -0.481 e. The van der Waals surface area contributed by atoms with Gasteiger partial charge < -0.3 is 10.0 Å². The predicted octanol–water partition coefficient (Wildman–Crippen LogP) is 1.92. The fourth-order valence-corrected chi connectivity index (χ4v) is 1.94. The minimum absolute atomic E-state index is 0.118. The summed E-state index contributed by atoms with van der Waals surface area (Å²) < 4.78 is 1.87. The minimum atomic E-state index is -0.793. The molecular weight excluding hydrogens is 244 g/mol. The number of benzene rings is 1. The quantitative estimate of drug-likeness (QED) is 0.891. The van der Waals surface area contributed by atoms with E-state index >= 15 is 0 Å². The van der Waals surface area contributed by atoms with Crippen LogP contribution in [-0.4, -0.2) is 39.7 Å². The maximum absolute atomic E-state index is 10.6. The Hall–Kier alpha value is -2.11. The first kappa shape index (κ1) is 13.3. The van der Waals surface area contributed by atoms with Gasteiger partial charge in [0, 0.05) is 25.3 Å². The van der Waals surface area contributed by atoms with Gasteiger partial charge in [-0.1, -0.05) is 5.21 Å². The van der Waals surface area contributed by atoms with Gasteiger partial charge in [0.05, 0.1) is 11.9 Å². The molecular formula is C13H18N4O2. The molecule has 0 atom stereocenters. The lowest BCUT2D eigenvalue weighted by Gasteiger charge is -2.18. The molecule has 2 rings (SSSR count). The van der Waals surface area contributed by atoms with E-state index in [2.05, 4.69) is 24.2 Å². The molecule has 1 aromatic heterocycles. The van der Waals surface area contributed by atoms with Gasteiger partial charge in [-0.2, -0.15) is 0 Å². The molecule has 2 aromatic rings. The van der Waals surface area contributed by atoms with E-state index in [4.69, 9.17) is 5.11 Å². The number of anilines is 1. The van der Waals surface area contributed by atoms with E-state index in [0.29, 0.717) is 6.54 Å². The third kappa shape index (κ3) is 2.83. The van der Waals surface area contributed by atoms with Gasteiger partial charge in [-0.25, -0.2) is 4.68 Å². The van der Waals surface area contributed by atoms with Gasteiger partial charge in [-0.15, -0.1) is 5.10 Å². The van der Waals surface area contributed by atoms with E-state index < -0.39 is 5.97 Å². The number of nitrogens with zero attached hydrogens (tertiary/aromatic N) is 4. The van der Waals surface area contributed by atoms with Gasteiger partial charge in [0.25, 0.3) is 0 Å². The van der Waals surface area contributed by atoms with Gasteiger partial charge in [-0.05, 0) is 32.0 Å². The largest absolute Gasteiger partial charge is 0.481 e. The number of rotatable bonds is 5. The topological polar surface area (TPSA) is 71.2 Å². The Morgan fingerprint density at radius 3 is 2.84 bits per heavy atom. The number of hydrogen-bond donors (Lipinski definition) is 1. The van der Waals surface area contributed by atoms with Crippen LogP contribution in [0.2, 0.25) is 0 Å². The maximum Gasteiger partial charge on any atom is 0.305 e. The van der Waals surface area contributed by atoms with Gasteiger partial charge >= 0.3 is 5.97 Å². The summed E-state index contributed by atoms with van der Waals surface area (Å²) in [6, 6.07) is 6.14. The zero-order chi connectivity index (χ0) is 14.0. The number of hydrogen-bond acceptors (Lipinski definition) is 4. The van der Waals surface area contributed by atoms with Crippen LogP contribution in [0.1, 0.15) is 26.3 Å². The monoisotopic (exact) mass is 262 g/mol. The first-order valence-corrected chi connectivity index (χ1v) is 6.27. The summed E-state index contributed by atoms with van der Waals surface area (Å²) >= 11 is 0. The smallest absolute Gasteiger partial charge is 0.305 e. The van der Waals surface area contributed by atoms with Crippen LogP contribution >= 0.6 is 0 Å². The molecule has 0 fully saturated rings. The highest BCUT2D eigenvalue weighted by molar-refractivity contribution is 5.79. The average molecular weight is 262 g/mol. The third-order valence-corrected chi connectivity index (χ3v) is 3.05. The van der Waals surface area contributed by atoms with Crippen LogP contribution in [0.15, 0.2) is 18.2 Å². The molecule has 0 bridgehead atoms. The molecule has 1 N–H and O–H groups in total. The Kier molecular flexibility index (Phi) is 3.69. The highest BCUT2D eigenvalue weighted by Crippen LogP contribution is 2.21. The lowest BCUT2D eigenvalue weighted by molar-refractivity contribution is -0.136. The van der Waals surface area contributed by atoms with Gasteiger partial charge in [0.1, 0.15) is 5.52 Å². The Balaban J connectivity index is 2.24. The molecule has 0 aliphatic rings. The summed E-state index contributed by atoms with van der Waals surface area (Å²) in [4.78, 5) is 12.5. The zero-order valence-electron chi connectivity index (χ0n) is 11.4. The Bertz CT molecular complexity index is 591. The summed E-state index contributed by atoms with van der Waals surface area (Å²) in [5.74, 6) is -0.793. The second kappa shape index (κ2) is 5.26. The van der Waals surface area contributed by atoms with E-state index in [0.717, 1.165) is 16.7 Å². The normalized spacial score (nSPS) is 11.2. The number of fused-ring (bicyclic) bond motifs is 1. The Labute approximate surface area is 111 Å². The summed E-state index contributed by atoms with van der Waals surface area (Å²) in [5, 5.41) is 17.0. The van der Waals surface area contributed by atoms with Crippen LogP contribution in [0.3, 0.4) is 0 Å². The van der Waals surface area contributed by atoms with Crippen molar-refractivity contribution in [3.05, 3.63) is 18.2 Å². The van der Waals surface area contributed by atoms with Crippen LogP contribution in [0, 0.1) is 0 Å². The fraction of sp³-hybridized carbons (Fsp3) is 0.462. The summed E-state index contributed by atoms with van der Waals surface area (Å²) in [7, 11) is 1.87. The zero-order valence-corrected chi connectivity index (χ0v) is 11.4. The number of carbonyl (C=O) groups is 1. The van der Waals surface area contributed by atoms with Crippen LogP contribution in [0.25, 0.3) is 11.0 Å². The average Bonchev–Trinajstić information content (AvgIpc) is 2.78. The molecule has 1 heterocycles. The van der Waals surface area contributed by atoms with Crippen LogP contribution in [-0.2, 0) is 4.79 Å². The van der Waals surface area contributed by atoms with Crippen molar-refractivity contribution in [1.29, 1.82) is 0 Å². The molecule has 6 nitrogen and oxygen atoms in total. The van der Waals surface area contributed by atoms with Crippen molar-refractivity contribution in [1.82, 2.24) is 15.0 Å². The third-order valence-electron chi connectivity index (χ3n) is 3.05. The lowest BCUT2D eigenvalue weighted by atomic mass is 10.2. The first-order valence-electron chi connectivity index (χ1n) is 6.27. The summed E-state index contributed by atoms with van der Waals surface area (Å²) in [5.41, 5.74) is 2.77. The molecule has 0 saturated carbocycles. The Morgan fingerprint density at radius 1 is 1.47 bits per heavy atom. The molecule has 102 valence electrons. The number of aliphatic carboxylic acids is 1. The molecule has 1 aromatic carbocycles. The van der Waals surface area contributed by atoms with Crippen LogP contribution < -0.4 is 4.90 Å². The molecule has 0 spiro atoms. The predicted molar refractivity (Wildman–Crippen MR) is 73.4 cm³/mol. The molecule has 0 unspecified atom stereocenters. The van der Waals surface area contributed by atoms with Gasteiger partial charge in [-0.3, -0.25) is 4.79 Å². The molecule has 6 heteroatoms. The van der Waals surface area contributed by atoms with Crippen LogP contribution in [0.5, 0.6) is 0 Å². The SMILES string of the molecule is CC(C)n1nnc2cc(N(C)CCC(=O)O)ccc21. The van der Waals surface area contributed by atoms with Crippen LogP contribution in [0.4, 0.5) is 5.69 Å². The molecule has 0 aliphatic carbocycles. The Morgan fingerprint density at radius 2 is 2.21 bits per heavy atom. The van der Waals surface area contributed by atoms with Crippen molar-refractivity contribution in [3.8, 4) is 0 Å². The second-order valence-electron chi connectivity index (χ2n) is 4.87. The number of carboxylic acid groups (broad SMARTS) is 1. The molecule has 0 radical (unpaired) electrons. The van der Waals surface area contributed by atoms with E-state index in [-0.39, 0.29) is 12.5 Å². The first-order chi connectivity index (χ1) is 8.99. The van der Waals surface area contributed by atoms with Gasteiger partial charge in [0.15, 0.2) is 0 Å². The number of aromatic nitrogens is 3. The van der Waals surface area contributed by atoms with Crippen molar-refractivity contribution < 1.29 is 9.90 Å². The molecule has 19 heavy (non-hydrogen) atoms. The number of carboxylic acids is 1. The van der Waals surface area contributed by atoms with E-state index in [1.54, 1.807) is 0 Å². The second-order valence-corrected chi connectivity index (χ2v) is 4.87. The van der Waals surface area contributed by atoms with Crippen molar-refractivity contribution in [2.45, 2.75) is 26.3 Å². The van der Waals surface area contributed by atoms with Crippen molar-refractivity contribution >= 4 is 22.7 Å². The highest BCUT2D eigenvalue weighted by atomic mass is 16.4. The van der Waals surface area contributed by atoms with Gasteiger partial charge in [0.2, 0.25) is 0 Å². The summed E-state index contributed by atoms with van der Waals surface area (Å²) in [6.45, 7) is 4.58. The van der Waals surface area contributed by atoms with E-state index in [9.17, 15) is 4.79 Å². The highest BCUT2D eigenvalue weighted by Gasteiger charge is 2.10. The fourth-order valence-electron chi connectivity index (χ4n) is 1.94. The molecule has 0 amide bonds. The van der Waals surface area contributed by atoms with Crippen molar-refractivity contribution in [2.75, 3.05) is 18.5 Å². The maximum atomic E-state index is 10.6. The van der Waals surface area contributed by atoms with Crippen molar-refractivity contribution in [3.63, 3.8) is 0 Å². The molecule has 0 aliphatic heterocycles. The summed E-state index contributed by atoms with van der Waals surface area (Å²) in [6.07, 6.45) is 0.118. The van der Waals surface area contributed by atoms with E-state index in [1.165, 1.54) is 0 Å². The molecule has 0 saturated heterocycles. The lowest BCUT2D eigenvalue weighted by Crippen LogP contribution is -2.20. The van der Waals surface area contributed by atoms with E-state index in [1.807, 2.05) is 34.8 Å².